The Hall–Kier alpha value is -2.66. The minimum absolute atomic E-state index is 0.132. The summed E-state index contributed by atoms with van der Waals surface area (Å²) >= 11 is 0. The number of anilines is 2. The monoisotopic (exact) mass is 350 g/mol. The molecule has 0 saturated carbocycles. The Morgan fingerprint density at radius 2 is 1.50 bits per heavy atom. The number of rotatable bonds is 5. The van der Waals surface area contributed by atoms with Gasteiger partial charge in [-0.1, -0.05) is 56.2 Å². The van der Waals surface area contributed by atoms with E-state index in [1.165, 1.54) is 4.90 Å². The lowest BCUT2D eigenvalue weighted by Gasteiger charge is -2.28. The molecule has 0 unspecified atom stereocenters. The van der Waals surface area contributed by atoms with E-state index in [2.05, 4.69) is 6.92 Å². The quantitative estimate of drug-likeness (QED) is 0.774. The maximum atomic E-state index is 13.1. The number of nitrogens with zero attached hydrogens (tertiary/aromatic N) is 2. The van der Waals surface area contributed by atoms with Crippen molar-refractivity contribution in [3.05, 3.63) is 60.7 Å². The summed E-state index contributed by atoms with van der Waals surface area (Å²) in [5, 5.41) is 1.78. The summed E-state index contributed by atoms with van der Waals surface area (Å²) in [6, 6.07) is 18.7. The van der Waals surface area contributed by atoms with Gasteiger partial charge in [0.1, 0.15) is 0 Å². The highest BCUT2D eigenvalue weighted by atomic mass is 16.7. The van der Waals surface area contributed by atoms with Crippen LogP contribution in [0, 0.1) is 5.92 Å². The molecule has 2 saturated heterocycles. The highest BCUT2D eigenvalue weighted by molar-refractivity contribution is 6.23. The molecule has 2 aromatic carbocycles. The lowest BCUT2D eigenvalue weighted by molar-refractivity contribution is -0.126. The molecule has 26 heavy (non-hydrogen) atoms. The molecule has 2 amide bonds. The second-order valence-electron chi connectivity index (χ2n) is 6.77. The molecule has 0 spiro atoms. The fourth-order valence-corrected chi connectivity index (χ4v) is 3.86. The van der Waals surface area contributed by atoms with Gasteiger partial charge >= 0.3 is 0 Å². The highest BCUT2D eigenvalue weighted by Gasteiger charge is 2.59. The molecular weight excluding hydrogens is 328 g/mol. The molecule has 0 radical (unpaired) electrons. The summed E-state index contributed by atoms with van der Waals surface area (Å²) in [6.45, 7) is 2.12. The van der Waals surface area contributed by atoms with E-state index in [0.29, 0.717) is 5.69 Å². The first-order valence-corrected chi connectivity index (χ1v) is 9.16. The van der Waals surface area contributed by atoms with Crippen LogP contribution in [-0.4, -0.2) is 24.0 Å². The van der Waals surface area contributed by atoms with Crippen LogP contribution in [0.25, 0.3) is 0 Å². The zero-order chi connectivity index (χ0) is 18.1. The standard InChI is InChI=1S/C21H22N2O3/c1-2-3-14-17-18-19(26-23(17)16-12-8-5-9-13-16)21(25)22(20(18)24)15-10-6-4-7-11-15/h4-13,17-19H,2-3,14H2,1H3/t17-,18-,19-/m1/s1. The maximum Gasteiger partial charge on any atom is 0.266 e. The zero-order valence-electron chi connectivity index (χ0n) is 14.7. The van der Waals surface area contributed by atoms with E-state index in [1.54, 1.807) is 17.2 Å². The van der Waals surface area contributed by atoms with Gasteiger partial charge in [-0.25, -0.2) is 9.96 Å². The largest absolute Gasteiger partial charge is 0.273 e. The van der Waals surface area contributed by atoms with Crippen LogP contribution < -0.4 is 9.96 Å². The molecular formula is C21H22N2O3. The number of para-hydroxylation sites is 2. The van der Waals surface area contributed by atoms with E-state index in [4.69, 9.17) is 4.84 Å². The Labute approximate surface area is 153 Å². The Balaban J connectivity index is 1.67. The molecule has 134 valence electrons. The summed E-state index contributed by atoms with van der Waals surface area (Å²) in [5.74, 6) is -0.897. The highest BCUT2D eigenvalue weighted by Crippen LogP contribution is 2.41. The minimum Gasteiger partial charge on any atom is -0.273 e. The summed E-state index contributed by atoms with van der Waals surface area (Å²) in [6.07, 6.45) is 2.08. The number of benzene rings is 2. The second-order valence-corrected chi connectivity index (χ2v) is 6.77. The first-order valence-electron chi connectivity index (χ1n) is 9.16. The number of amides is 2. The third kappa shape index (κ3) is 2.69. The number of carbonyl (C=O) groups is 2. The van der Waals surface area contributed by atoms with Gasteiger partial charge in [0.2, 0.25) is 5.91 Å². The first kappa shape index (κ1) is 16.8. The van der Waals surface area contributed by atoms with E-state index in [9.17, 15) is 9.59 Å². The Bertz CT molecular complexity index is 793. The van der Waals surface area contributed by atoms with Crippen LogP contribution >= 0.6 is 0 Å². The smallest absolute Gasteiger partial charge is 0.266 e. The Morgan fingerprint density at radius 3 is 2.12 bits per heavy atom. The number of carbonyl (C=O) groups excluding carboxylic acids is 2. The summed E-state index contributed by atoms with van der Waals surface area (Å²) in [5.41, 5.74) is 1.50. The summed E-state index contributed by atoms with van der Waals surface area (Å²) in [4.78, 5) is 33.4. The van der Waals surface area contributed by atoms with Gasteiger partial charge in [-0.05, 0) is 30.7 Å². The predicted octanol–water partition coefficient (Wildman–Crippen LogP) is 3.56. The average molecular weight is 350 g/mol. The normalized spacial score (nSPS) is 25.0. The third-order valence-corrected chi connectivity index (χ3v) is 5.12. The lowest BCUT2D eigenvalue weighted by atomic mass is 9.92. The van der Waals surface area contributed by atoms with E-state index in [0.717, 1.165) is 24.9 Å². The molecule has 2 fully saturated rings. The van der Waals surface area contributed by atoms with Crippen molar-refractivity contribution in [3.8, 4) is 0 Å². The number of unbranched alkanes of at least 4 members (excludes halogenated alkanes) is 1. The van der Waals surface area contributed by atoms with Crippen molar-refractivity contribution in [2.75, 3.05) is 9.96 Å². The molecule has 0 aromatic heterocycles. The van der Waals surface area contributed by atoms with Crippen molar-refractivity contribution in [3.63, 3.8) is 0 Å². The van der Waals surface area contributed by atoms with Gasteiger partial charge in [0.25, 0.3) is 5.91 Å². The van der Waals surface area contributed by atoms with Crippen molar-refractivity contribution >= 4 is 23.2 Å². The number of hydroxylamine groups is 1. The van der Waals surface area contributed by atoms with E-state index < -0.39 is 12.0 Å². The molecule has 0 N–H and O–H groups in total. The van der Waals surface area contributed by atoms with Crippen LogP contribution in [-0.2, 0) is 14.4 Å². The zero-order valence-corrected chi connectivity index (χ0v) is 14.7. The van der Waals surface area contributed by atoms with Crippen molar-refractivity contribution in [1.82, 2.24) is 0 Å². The molecule has 4 rings (SSSR count). The number of fused-ring (bicyclic) bond motifs is 1. The van der Waals surface area contributed by atoms with Gasteiger partial charge in [-0.3, -0.25) is 14.4 Å². The fourth-order valence-electron chi connectivity index (χ4n) is 3.86. The van der Waals surface area contributed by atoms with Gasteiger partial charge in [-0.15, -0.1) is 0 Å². The van der Waals surface area contributed by atoms with Gasteiger partial charge < -0.3 is 0 Å². The SMILES string of the molecule is CCCC[C@@H]1[C@H]2C(=O)N(c3ccccc3)C(=O)[C@@H]2ON1c1ccccc1. The molecule has 0 bridgehead atoms. The Morgan fingerprint density at radius 1 is 0.885 bits per heavy atom. The molecule has 2 heterocycles. The van der Waals surface area contributed by atoms with Gasteiger partial charge in [0, 0.05) is 0 Å². The molecule has 5 heteroatoms. The van der Waals surface area contributed by atoms with E-state index >= 15 is 0 Å². The van der Waals surface area contributed by atoms with Gasteiger partial charge in [0.05, 0.1) is 23.3 Å². The second kappa shape index (κ2) is 6.92. The van der Waals surface area contributed by atoms with Crippen LogP contribution in [0.2, 0.25) is 0 Å². The van der Waals surface area contributed by atoms with Crippen molar-refractivity contribution < 1.29 is 14.4 Å². The van der Waals surface area contributed by atoms with Crippen molar-refractivity contribution in [2.24, 2.45) is 5.92 Å². The van der Waals surface area contributed by atoms with Crippen LogP contribution in [0.5, 0.6) is 0 Å². The molecule has 0 aliphatic carbocycles. The minimum atomic E-state index is -0.746. The lowest BCUT2D eigenvalue weighted by Crippen LogP contribution is -2.40. The topological polar surface area (TPSA) is 49.9 Å². The Kier molecular flexibility index (Phi) is 4.47. The fraction of sp³-hybridized carbons (Fsp3) is 0.333. The number of hydrogen-bond acceptors (Lipinski definition) is 4. The molecule has 5 nitrogen and oxygen atoms in total. The number of hydrogen-bond donors (Lipinski definition) is 0. The van der Waals surface area contributed by atoms with Crippen LogP contribution in [0.3, 0.4) is 0 Å². The van der Waals surface area contributed by atoms with Crippen molar-refractivity contribution in [1.29, 1.82) is 0 Å². The number of imide groups is 1. The van der Waals surface area contributed by atoms with Crippen molar-refractivity contribution in [2.45, 2.75) is 38.3 Å². The van der Waals surface area contributed by atoms with Crippen LogP contribution in [0.1, 0.15) is 26.2 Å². The van der Waals surface area contributed by atoms with Crippen LogP contribution in [0.4, 0.5) is 11.4 Å². The summed E-state index contributed by atoms with van der Waals surface area (Å²) in [7, 11) is 0. The van der Waals surface area contributed by atoms with Gasteiger partial charge in [-0.2, -0.15) is 0 Å². The third-order valence-electron chi connectivity index (χ3n) is 5.12. The predicted molar refractivity (Wildman–Crippen MR) is 99.5 cm³/mol. The maximum absolute atomic E-state index is 13.1. The first-order chi connectivity index (χ1) is 12.7. The molecule has 2 aliphatic rings. The van der Waals surface area contributed by atoms with Gasteiger partial charge in [0.15, 0.2) is 6.10 Å². The van der Waals surface area contributed by atoms with E-state index in [1.807, 2.05) is 48.5 Å². The van der Waals surface area contributed by atoms with Crippen LogP contribution in [0.15, 0.2) is 60.7 Å². The van der Waals surface area contributed by atoms with E-state index in [-0.39, 0.29) is 17.9 Å². The average Bonchev–Trinajstić information content (AvgIpc) is 3.17. The molecule has 3 atom stereocenters. The molecule has 2 aliphatic heterocycles. The summed E-state index contributed by atoms with van der Waals surface area (Å²) < 4.78 is 0. The molecule has 2 aromatic rings.